The number of nitriles is 1. The van der Waals surface area contributed by atoms with Gasteiger partial charge in [0.1, 0.15) is 0 Å². The largest absolute Gasteiger partial charge is 0.416 e. The van der Waals surface area contributed by atoms with Gasteiger partial charge in [-0.2, -0.15) is 18.4 Å². The van der Waals surface area contributed by atoms with Crippen LogP contribution >= 0.6 is 0 Å². The maximum Gasteiger partial charge on any atom is 0.416 e. The molecular formula is C10H6F3NO. The summed E-state index contributed by atoms with van der Waals surface area (Å²) < 4.78 is 36.7. The lowest BCUT2D eigenvalue weighted by molar-refractivity contribution is -0.137. The van der Waals surface area contributed by atoms with Gasteiger partial charge >= 0.3 is 6.18 Å². The maximum absolute atomic E-state index is 12.2. The van der Waals surface area contributed by atoms with Crippen LogP contribution in [0.4, 0.5) is 13.2 Å². The molecule has 0 aliphatic heterocycles. The molecule has 0 bridgehead atoms. The van der Waals surface area contributed by atoms with Crippen molar-refractivity contribution in [3.63, 3.8) is 0 Å². The van der Waals surface area contributed by atoms with Gasteiger partial charge in [0, 0.05) is 5.56 Å². The molecular weight excluding hydrogens is 207 g/mol. The average Bonchev–Trinajstić information content (AvgIpc) is 2.15. The zero-order chi connectivity index (χ0) is 11.6. The summed E-state index contributed by atoms with van der Waals surface area (Å²) in [5.74, 6) is -0.430. The van der Waals surface area contributed by atoms with Gasteiger partial charge in [0.05, 0.1) is 17.2 Å². The molecule has 0 amide bonds. The second kappa shape index (κ2) is 3.73. The minimum atomic E-state index is -4.50. The van der Waals surface area contributed by atoms with E-state index in [1.165, 1.54) is 6.92 Å². The second-order valence-electron chi connectivity index (χ2n) is 2.93. The van der Waals surface area contributed by atoms with Crippen molar-refractivity contribution in [2.75, 3.05) is 0 Å². The van der Waals surface area contributed by atoms with Gasteiger partial charge in [-0.1, -0.05) is 0 Å². The van der Waals surface area contributed by atoms with Crippen molar-refractivity contribution < 1.29 is 18.0 Å². The first-order valence-electron chi connectivity index (χ1n) is 3.98. The lowest BCUT2D eigenvalue weighted by atomic mass is 10.0. The van der Waals surface area contributed by atoms with Gasteiger partial charge in [-0.25, -0.2) is 0 Å². The van der Waals surface area contributed by atoms with E-state index in [9.17, 15) is 18.0 Å². The Morgan fingerprint density at radius 1 is 1.40 bits per heavy atom. The minimum Gasteiger partial charge on any atom is -0.294 e. The normalized spacial score (nSPS) is 10.9. The minimum absolute atomic E-state index is 0.00509. The molecule has 15 heavy (non-hydrogen) atoms. The Bertz CT molecular complexity index is 443. The van der Waals surface area contributed by atoms with Crippen LogP contribution in [0, 0.1) is 11.3 Å². The lowest BCUT2D eigenvalue weighted by Gasteiger charge is -2.07. The third-order valence-corrected chi connectivity index (χ3v) is 1.85. The van der Waals surface area contributed by atoms with Gasteiger partial charge in [0.15, 0.2) is 5.78 Å². The Balaban J connectivity index is 3.34. The summed E-state index contributed by atoms with van der Waals surface area (Å²) in [4.78, 5) is 11.0. The van der Waals surface area contributed by atoms with E-state index in [0.29, 0.717) is 6.07 Å². The molecule has 1 aromatic carbocycles. The summed E-state index contributed by atoms with van der Waals surface area (Å²) in [6.45, 7) is 1.20. The van der Waals surface area contributed by atoms with E-state index in [2.05, 4.69) is 0 Å². The number of rotatable bonds is 1. The Hall–Kier alpha value is -1.83. The standard InChI is InChI=1S/C10H6F3NO/c1-6(15)9-3-2-8(10(11,12)13)4-7(9)5-14/h2-4H,1H3. The third-order valence-electron chi connectivity index (χ3n) is 1.85. The molecule has 1 rings (SSSR count). The van der Waals surface area contributed by atoms with E-state index < -0.39 is 17.5 Å². The molecule has 0 saturated carbocycles. The third kappa shape index (κ3) is 2.34. The van der Waals surface area contributed by atoms with Gasteiger partial charge in [0.25, 0.3) is 0 Å². The van der Waals surface area contributed by atoms with E-state index in [1.54, 1.807) is 6.07 Å². The summed E-state index contributed by atoms with van der Waals surface area (Å²) in [5.41, 5.74) is -1.17. The Morgan fingerprint density at radius 3 is 2.40 bits per heavy atom. The molecule has 0 aromatic heterocycles. The van der Waals surface area contributed by atoms with Crippen LogP contribution in [-0.4, -0.2) is 5.78 Å². The van der Waals surface area contributed by atoms with Gasteiger partial charge in [-0.15, -0.1) is 0 Å². The molecule has 0 aliphatic rings. The molecule has 78 valence electrons. The monoisotopic (exact) mass is 213 g/mol. The number of carbonyl (C=O) groups is 1. The smallest absolute Gasteiger partial charge is 0.294 e. The lowest BCUT2D eigenvalue weighted by Crippen LogP contribution is -2.07. The zero-order valence-corrected chi connectivity index (χ0v) is 7.72. The van der Waals surface area contributed by atoms with Crippen LogP contribution in [0.3, 0.4) is 0 Å². The molecule has 0 heterocycles. The quantitative estimate of drug-likeness (QED) is 0.673. The van der Waals surface area contributed by atoms with Gasteiger partial charge in [-0.3, -0.25) is 4.79 Å². The van der Waals surface area contributed by atoms with E-state index in [1.807, 2.05) is 0 Å². The molecule has 0 atom stereocenters. The number of nitrogens with zero attached hydrogens (tertiary/aromatic N) is 1. The van der Waals surface area contributed by atoms with Gasteiger partial charge < -0.3 is 0 Å². The summed E-state index contributed by atoms with van der Waals surface area (Å²) in [7, 11) is 0. The summed E-state index contributed by atoms with van der Waals surface area (Å²) in [6, 6.07) is 4.05. The van der Waals surface area contributed by atoms with Crippen LogP contribution in [0.1, 0.15) is 28.4 Å². The number of hydrogen-bond donors (Lipinski definition) is 0. The topological polar surface area (TPSA) is 40.9 Å². The number of Topliss-reactive ketones (excluding diaryl/α,β-unsaturated/α-hetero) is 1. The fraction of sp³-hybridized carbons (Fsp3) is 0.200. The van der Waals surface area contributed by atoms with Gasteiger partial charge in [0.2, 0.25) is 0 Å². The van der Waals surface area contributed by atoms with Crippen molar-refractivity contribution in [2.24, 2.45) is 0 Å². The highest BCUT2D eigenvalue weighted by molar-refractivity contribution is 5.96. The van der Waals surface area contributed by atoms with Crippen molar-refractivity contribution in [2.45, 2.75) is 13.1 Å². The highest BCUT2D eigenvalue weighted by Gasteiger charge is 2.31. The molecule has 0 N–H and O–H groups in total. The van der Waals surface area contributed by atoms with Gasteiger partial charge in [-0.05, 0) is 25.1 Å². The van der Waals surface area contributed by atoms with Crippen LogP contribution in [0.25, 0.3) is 0 Å². The van der Waals surface area contributed by atoms with E-state index >= 15 is 0 Å². The summed E-state index contributed by atoms with van der Waals surface area (Å²) in [5, 5.41) is 8.59. The fourth-order valence-corrected chi connectivity index (χ4v) is 1.12. The van der Waals surface area contributed by atoms with Crippen molar-refractivity contribution in [1.82, 2.24) is 0 Å². The van der Waals surface area contributed by atoms with Crippen molar-refractivity contribution in [1.29, 1.82) is 5.26 Å². The Kier molecular flexibility index (Phi) is 2.80. The molecule has 0 fully saturated rings. The number of alkyl halides is 3. The van der Waals surface area contributed by atoms with Crippen LogP contribution in [0.15, 0.2) is 18.2 Å². The molecule has 0 spiro atoms. The summed E-state index contributed by atoms with van der Waals surface area (Å²) in [6.07, 6.45) is -4.50. The molecule has 5 heteroatoms. The van der Waals surface area contributed by atoms with Crippen molar-refractivity contribution in [3.05, 3.63) is 34.9 Å². The van der Waals surface area contributed by atoms with Crippen molar-refractivity contribution in [3.8, 4) is 6.07 Å². The molecule has 0 radical (unpaired) electrons. The number of benzene rings is 1. The Labute approximate surface area is 83.9 Å². The molecule has 2 nitrogen and oxygen atoms in total. The number of ketones is 1. The molecule has 0 aliphatic carbocycles. The SMILES string of the molecule is CC(=O)c1ccc(C(F)(F)F)cc1C#N. The average molecular weight is 213 g/mol. The Morgan fingerprint density at radius 2 is 2.00 bits per heavy atom. The van der Waals surface area contributed by atoms with E-state index in [0.717, 1.165) is 12.1 Å². The van der Waals surface area contributed by atoms with Crippen LogP contribution in [-0.2, 0) is 6.18 Å². The fourth-order valence-electron chi connectivity index (χ4n) is 1.12. The molecule has 0 saturated heterocycles. The predicted molar refractivity (Wildman–Crippen MR) is 46.2 cm³/mol. The first kappa shape index (κ1) is 11.2. The first-order chi connectivity index (χ1) is 6.86. The van der Waals surface area contributed by atoms with Crippen LogP contribution in [0.2, 0.25) is 0 Å². The summed E-state index contributed by atoms with van der Waals surface area (Å²) >= 11 is 0. The van der Waals surface area contributed by atoms with Crippen LogP contribution < -0.4 is 0 Å². The highest BCUT2D eigenvalue weighted by Crippen LogP contribution is 2.30. The number of carbonyl (C=O) groups excluding carboxylic acids is 1. The maximum atomic E-state index is 12.2. The zero-order valence-electron chi connectivity index (χ0n) is 7.72. The second-order valence-corrected chi connectivity index (χ2v) is 2.93. The predicted octanol–water partition coefficient (Wildman–Crippen LogP) is 2.78. The molecule has 0 unspecified atom stereocenters. The number of hydrogen-bond acceptors (Lipinski definition) is 2. The van der Waals surface area contributed by atoms with Crippen LogP contribution in [0.5, 0.6) is 0 Å². The van der Waals surface area contributed by atoms with E-state index in [4.69, 9.17) is 5.26 Å². The highest BCUT2D eigenvalue weighted by atomic mass is 19.4. The first-order valence-corrected chi connectivity index (χ1v) is 3.98. The molecule has 1 aromatic rings. The van der Waals surface area contributed by atoms with Crippen molar-refractivity contribution >= 4 is 5.78 Å². The number of halogens is 3. The van der Waals surface area contributed by atoms with E-state index in [-0.39, 0.29) is 11.1 Å².